The number of carbonyl (C=O) groups is 1. The number of amides is 1. The quantitative estimate of drug-likeness (QED) is 0.216. The van der Waals surface area contributed by atoms with E-state index in [1.165, 1.54) is 25.8 Å². The Morgan fingerprint density at radius 1 is 1.17 bits per heavy atom. The Balaban J connectivity index is 0.00000529. The van der Waals surface area contributed by atoms with Gasteiger partial charge in [-0.05, 0) is 46.1 Å². The Morgan fingerprint density at radius 3 is 2.62 bits per heavy atom. The maximum absolute atomic E-state index is 11.6. The van der Waals surface area contributed by atoms with Crippen LogP contribution in [0.2, 0.25) is 0 Å². The molecule has 0 bridgehead atoms. The second-order valence-electron chi connectivity index (χ2n) is 6.21. The van der Waals surface area contributed by atoms with Crippen molar-refractivity contribution in [1.29, 1.82) is 0 Å². The lowest BCUT2D eigenvalue weighted by atomic mass is 10.0. The topological polar surface area (TPSA) is 68.8 Å². The van der Waals surface area contributed by atoms with Crippen LogP contribution in [0.5, 0.6) is 0 Å². The lowest BCUT2D eigenvalue weighted by Crippen LogP contribution is -2.41. The van der Waals surface area contributed by atoms with Crippen LogP contribution < -0.4 is 16.0 Å². The Hall–Kier alpha value is -0.570. The second kappa shape index (κ2) is 14.7. The van der Waals surface area contributed by atoms with Crippen LogP contribution in [0.25, 0.3) is 0 Å². The van der Waals surface area contributed by atoms with E-state index >= 15 is 0 Å². The van der Waals surface area contributed by atoms with Gasteiger partial charge in [0.05, 0.1) is 0 Å². The number of guanidine groups is 1. The minimum atomic E-state index is -0.0220. The van der Waals surface area contributed by atoms with Crippen LogP contribution >= 0.6 is 24.0 Å². The minimum Gasteiger partial charge on any atom is -0.357 e. The van der Waals surface area contributed by atoms with Gasteiger partial charge in [0.1, 0.15) is 6.54 Å². The molecule has 0 radical (unpaired) electrons. The zero-order valence-corrected chi connectivity index (χ0v) is 17.9. The maximum atomic E-state index is 11.6. The average molecular weight is 453 g/mol. The van der Waals surface area contributed by atoms with Crippen LogP contribution in [0.15, 0.2) is 4.99 Å². The maximum Gasteiger partial charge on any atom is 0.241 e. The van der Waals surface area contributed by atoms with Gasteiger partial charge in [0.15, 0.2) is 5.96 Å². The first kappa shape index (κ1) is 23.4. The monoisotopic (exact) mass is 453 g/mol. The van der Waals surface area contributed by atoms with Gasteiger partial charge in [-0.25, -0.2) is 4.99 Å². The number of nitrogens with one attached hydrogen (secondary N) is 3. The molecule has 24 heavy (non-hydrogen) atoms. The van der Waals surface area contributed by atoms with Crippen LogP contribution in [-0.4, -0.2) is 62.1 Å². The van der Waals surface area contributed by atoms with Crippen molar-refractivity contribution in [3.8, 4) is 0 Å². The first-order valence-corrected chi connectivity index (χ1v) is 9.20. The second-order valence-corrected chi connectivity index (χ2v) is 6.21. The first-order valence-electron chi connectivity index (χ1n) is 9.20. The summed E-state index contributed by atoms with van der Waals surface area (Å²) in [5.41, 5.74) is 0. The van der Waals surface area contributed by atoms with Gasteiger partial charge in [-0.15, -0.1) is 24.0 Å². The van der Waals surface area contributed by atoms with Crippen molar-refractivity contribution in [3.63, 3.8) is 0 Å². The van der Waals surface area contributed by atoms with Gasteiger partial charge in [0.2, 0.25) is 5.91 Å². The summed E-state index contributed by atoms with van der Waals surface area (Å²) in [4.78, 5) is 18.5. The lowest BCUT2D eigenvalue weighted by Gasteiger charge is -2.33. The highest BCUT2D eigenvalue weighted by molar-refractivity contribution is 14.0. The van der Waals surface area contributed by atoms with E-state index in [0.717, 1.165) is 38.4 Å². The number of aliphatic imine (C=N–C) groups is 1. The van der Waals surface area contributed by atoms with E-state index in [1.807, 2.05) is 13.8 Å². The Kier molecular flexibility index (Phi) is 14.4. The molecule has 6 nitrogen and oxygen atoms in total. The van der Waals surface area contributed by atoms with Crippen LogP contribution in [0, 0.1) is 0 Å². The smallest absolute Gasteiger partial charge is 0.241 e. The van der Waals surface area contributed by atoms with Crippen LogP contribution in [0.4, 0.5) is 0 Å². The third-order valence-electron chi connectivity index (χ3n) is 4.15. The van der Waals surface area contributed by atoms with Gasteiger partial charge in [-0.1, -0.05) is 13.3 Å². The molecule has 0 aromatic heterocycles. The molecule has 0 aromatic rings. The van der Waals surface area contributed by atoms with E-state index in [2.05, 4.69) is 32.8 Å². The summed E-state index contributed by atoms with van der Waals surface area (Å²) in [6, 6.07) is 0.716. The van der Waals surface area contributed by atoms with Crippen LogP contribution in [-0.2, 0) is 4.79 Å². The molecule has 142 valence electrons. The molecule has 1 saturated heterocycles. The van der Waals surface area contributed by atoms with Crippen molar-refractivity contribution in [1.82, 2.24) is 20.9 Å². The molecule has 1 aliphatic rings. The summed E-state index contributed by atoms with van der Waals surface area (Å²) < 4.78 is 0. The third kappa shape index (κ3) is 10.3. The van der Waals surface area contributed by atoms with Crippen molar-refractivity contribution >= 4 is 35.8 Å². The van der Waals surface area contributed by atoms with E-state index in [-0.39, 0.29) is 36.4 Å². The summed E-state index contributed by atoms with van der Waals surface area (Å²) in [6.45, 7) is 11.3. The molecule has 0 aliphatic carbocycles. The molecular formula is C17H36IN5O. The minimum absolute atomic E-state index is 0. The zero-order chi connectivity index (χ0) is 16.9. The molecule has 1 atom stereocenters. The summed E-state index contributed by atoms with van der Waals surface area (Å²) in [5, 5.41) is 9.34. The number of piperidine rings is 1. The lowest BCUT2D eigenvalue weighted by molar-refractivity contribution is -0.119. The van der Waals surface area contributed by atoms with Gasteiger partial charge in [0.25, 0.3) is 0 Å². The summed E-state index contributed by atoms with van der Waals surface area (Å²) in [7, 11) is 0. The highest BCUT2D eigenvalue weighted by Gasteiger charge is 2.17. The molecule has 3 N–H and O–H groups in total. The molecular weight excluding hydrogens is 417 g/mol. The number of halogens is 1. The number of carbonyl (C=O) groups excluding carboxylic acids is 1. The predicted octanol–water partition coefficient (Wildman–Crippen LogP) is 1.95. The van der Waals surface area contributed by atoms with E-state index in [9.17, 15) is 4.79 Å². The van der Waals surface area contributed by atoms with Gasteiger partial charge >= 0.3 is 0 Å². The molecule has 1 amide bonds. The number of hydrogen-bond acceptors (Lipinski definition) is 3. The van der Waals surface area contributed by atoms with E-state index < -0.39 is 0 Å². The predicted molar refractivity (Wildman–Crippen MR) is 112 cm³/mol. The van der Waals surface area contributed by atoms with Crippen molar-refractivity contribution < 1.29 is 4.79 Å². The number of nitrogens with zero attached hydrogens (tertiary/aromatic N) is 2. The van der Waals surface area contributed by atoms with E-state index in [4.69, 9.17) is 0 Å². The Morgan fingerprint density at radius 2 is 1.96 bits per heavy atom. The number of likely N-dealkylation sites (tertiary alicyclic amines) is 1. The normalized spacial score (nSPS) is 18.6. The van der Waals surface area contributed by atoms with Gasteiger partial charge < -0.3 is 20.9 Å². The van der Waals surface area contributed by atoms with Crippen molar-refractivity contribution in [2.75, 3.05) is 39.3 Å². The summed E-state index contributed by atoms with van der Waals surface area (Å²) in [6.07, 6.45) is 6.06. The Labute approximate surface area is 164 Å². The highest BCUT2D eigenvalue weighted by atomic mass is 127. The van der Waals surface area contributed by atoms with Crippen LogP contribution in [0.1, 0.15) is 52.9 Å². The largest absolute Gasteiger partial charge is 0.357 e. The number of hydrogen-bond donors (Lipinski definition) is 3. The molecule has 1 aliphatic heterocycles. The highest BCUT2D eigenvalue weighted by Crippen LogP contribution is 2.15. The molecule has 7 heteroatoms. The summed E-state index contributed by atoms with van der Waals surface area (Å²) >= 11 is 0. The fourth-order valence-electron chi connectivity index (χ4n) is 2.79. The van der Waals surface area contributed by atoms with Gasteiger partial charge in [-0.3, -0.25) is 4.79 Å². The third-order valence-corrected chi connectivity index (χ3v) is 4.15. The SMILES string of the molecule is CCCNC(=O)CN=C(NCC)NCCCN1CCCCC1C.I. The van der Waals surface area contributed by atoms with Crippen molar-refractivity contribution in [2.45, 2.75) is 58.9 Å². The average Bonchev–Trinajstić information content (AvgIpc) is 2.55. The fourth-order valence-corrected chi connectivity index (χ4v) is 2.79. The molecule has 1 fully saturated rings. The molecule has 1 rings (SSSR count). The van der Waals surface area contributed by atoms with Crippen molar-refractivity contribution in [3.05, 3.63) is 0 Å². The fraction of sp³-hybridized carbons (Fsp3) is 0.882. The Bertz CT molecular complexity index is 365. The van der Waals surface area contributed by atoms with E-state index in [1.54, 1.807) is 0 Å². The molecule has 1 unspecified atom stereocenters. The zero-order valence-electron chi connectivity index (χ0n) is 15.6. The molecule has 0 aromatic carbocycles. The van der Waals surface area contributed by atoms with E-state index in [0.29, 0.717) is 12.6 Å². The standard InChI is InChI=1S/C17H35N5O.HI/c1-4-10-19-16(23)14-21-17(18-5-2)20-11-8-13-22-12-7-6-9-15(22)3;/h15H,4-14H2,1-3H3,(H,19,23)(H2,18,20,21);1H. The number of rotatable bonds is 9. The molecule has 1 heterocycles. The van der Waals surface area contributed by atoms with Gasteiger partial charge in [0, 0.05) is 32.2 Å². The first-order chi connectivity index (χ1) is 11.2. The van der Waals surface area contributed by atoms with Crippen LogP contribution in [0.3, 0.4) is 0 Å². The summed E-state index contributed by atoms with van der Waals surface area (Å²) in [5.74, 6) is 0.706. The molecule has 0 spiro atoms. The van der Waals surface area contributed by atoms with Gasteiger partial charge in [-0.2, -0.15) is 0 Å². The molecule has 0 saturated carbocycles. The van der Waals surface area contributed by atoms with Crippen molar-refractivity contribution in [2.24, 2.45) is 4.99 Å².